The lowest BCUT2D eigenvalue weighted by molar-refractivity contribution is -0.167. The van der Waals surface area contributed by atoms with Gasteiger partial charge in [0.15, 0.2) is 6.10 Å². The molecule has 0 saturated heterocycles. The highest BCUT2D eigenvalue weighted by atomic mass is 16.6. The molecule has 0 aliphatic carbocycles. The third kappa shape index (κ3) is 55.3. The van der Waals surface area contributed by atoms with Crippen molar-refractivity contribution in [3.8, 4) is 0 Å². The van der Waals surface area contributed by atoms with Crippen LogP contribution in [0.4, 0.5) is 0 Å². The lowest BCUT2D eigenvalue weighted by Crippen LogP contribution is -2.30. The first-order valence-corrected chi connectivity index (χ1v) is 31.0. The van der Waals surface area contributed by atoms with E-state index in [-0.39, 0.29) is 31.1 Å². The molecule has 6 nitrogen and oxygen atoms in total. The molecule has 0 heterocycles. The Morgan fingerprint density at radius 1 is 0.235 bits per heavy atom. The molecular formula is C62H120O6. The van der Waals surface area contributed by atoms with Crippen LogP contribution >= 0.6 is 0 Å². The topological polar surface area (TPSA) is 78.9 Å². The van der Waals surface area contributed by atoms with E-state index in [1.54, 1.807) is 0 Å². The van der Waals surface area contributed by atoms with Crippen LogP contribution < -0.4 is 0 Å². The first-order chi connectivity index (χ1) is 33.5. The van der Waals surface area contributed by atoms with Crippen LogP contribution in [-0.2, 0) is 28.6 Å². The van der Waals surface area contributed by atoms with Crippen LogP contribution in [-0.4, -0.2) is 37.2 Å². The Labute approximate surface area is 425 Å². The summed E-state index contributed by atoms with van der Waals surface area (Å²) in [7, 11) is 0. The van der Waals surface area contributed by atoms with E-state index in [1.165, 1.54) is 263 Å². The van der Waals surface area contributed by atoms with Gasteiger partial charge in [0.1, 0.15) is 13.2 Å². The smallest absolute Gasteiger partial charge is 0.306 e. The van der Waals surface area contributed by atoms with Gasteiger partial charge in [-0.1, -0.05) is 323 Å². The molecule has 1 atom stereocenters. The third-order valence-corrected chi connectivity index (χ3v) is 14.4. The molecule has 0 N–H and O–H groups in total. The van der Waals surface area contributed by atoms with Crippen molar-refractivity contribution >= 4 is 17.9 Å². The van der Waals surface area contributed by atoms with Crippen molar-refractivity contribution < 1.29 is 28.6 Å². The second-order valence-corrected chi connectivity index (χ2v) is 21.3. The van der Waals surface area contributed by atoms with Crippen LogP contribution in [0.3, 0.4) is 0 Å². The lowest BCUT2D eigenvalue weighted by atomic mass is 10.0. The van der Waals surface area contributed by atoms with Gasteiger partial charge in [-0.3, -0.25) is 14.4 Å². The van der Waals surface area contributed by atoms with Crippen LogP contribution in [0.2, 0.25) is 0 Å². The van der Waals surface area contributed by atoms with Gasteiger partial charge in [-0.2, -0.15) is 0 Å². The van der Waals surface area contributed by atoms with Crippen molar-refractivity contribution in [1.29, 1.82) is 0 Å². The third-order valence-electron chi connectivity index (χ3n) is 14.4. The molecule has 0 aliphatic heterocycles. The zero-order valence-corrected chi connectivity index (χ0v) is 46.4. The Morgan fingerprint density at radius 2 is 0.397 bits per heavy atom. The molecule has 0 aliphatic rings. The van der Waals surface area contributed by atoms with Crippen LogP contribution in [0.5, 0.6) is 0 Å². The molecular weight excluding hydrogens is 841 g/mol. The van der Waals surface area contributed by atoms with Gasteiger partial charge in [-0.05, 0) is 19.3 Å². The zero-order chi connectivity index (χ0) is 49.3. The summed E-state index contributed by atoms with van der Waals surface area (Å²) in [5.74, 6) is -0.847. The van der Waals surface area contributed by atoms with Crippen molar-refractivity contribution in [2.24, 2.45) is 0 Å². The van der Waals surface area contributed by atoms with Crippen molar-refractivity contribution in [3.05, 3.63) is 0 Å². The Hall–Kier alpha value is -1.59. The summed E-state index contributed by atoms with van der Waals surface area (Å²) in [6, 6.07) is 0. The molecule has 68 heavy (non-hydrogen) atoms. The van der Waals surface area contributed by atoms with Crippen molar-refractivity contribution in [1.82, 2.24) is 0 Å². The molecule has 0 bridgehead atoms. The molecule has 0 aromatic carbocycles. The summed E-state index contributed by atoms with van der Waals surface area (Å²) in [5, 5.41) is 0. The Bertz CT molecular complexity index is 1010. The van der Waals surface area contributed by atoms with Gasteiger partial charge in [-0.15, -0.1) is 0 Å². The van der Waals surface area contributed by atoms with E-state index in [0.29, 0.717) is 19.3 Å². The van der Waals surface area contributed by atoms with Gasteiger partial charge in [0.05, 0.1) is 0 Å². The largest absolute Gasteiger partial charge is 0.462 e. The van der Waals surface area contributed by atoms with E-state index in [4.69, 9.17) is 14.2 Å². The van der Waals surface area contributed by atoms with Crippen LogP contribution in [0, 0.1) is 0 Å². The fourth-order valence-electron chi connectivity index (χ4n) is 9.68. The Morgan fingerprint density at radius 3 is 0.588 bits per heavy atom. The number of unbranched alkanes of at least 4 members (excludes halogenated alkanes) is 47. The summed E-state index contributed by atoms with van der Waals surface area (Å²) >= 11 is 0. The number of carbonyl (C=O) groups is 3. The first-order valence-electron chi connectivity index (χ1n) is 31.0. The average molecular weight is 962 g/mol. The first kappa shape index (κ1) is 66.4. The summed E-state index contributed by atoms with van der Waals surface area (Å²) in [4.78, 5) is 37.9. The van der Waals surface area contributed by atoms with Gasteiger partial charge in [0.2, 0.25) is 0 Å². The highest BCUT2D eigenvalue weighted by molar-refractivity contribution is 5.71. The molecule has 0 aromatic heterocycles. The van der Waals surface area contributed by atoms with Crippen molar-refractivity contribution in [2.75, 3.05) is 13.2 Å². The zero-order valence-electron chi connectivity index (χ0n) is 46.4. The van der Waals surface area contributed by atoms with E-state index in [1.807, 2.05) is 0 Å². The van der Waals surface area contributed by atoms with Gasteiger partial charge in [0.25, 0.3) is 0 Å². The lowest BCUT2D eigenvalue weighted by Gasteiger charge is -2.18. The van der Waals surface area contributed by atoms with E-state index in [2.05, 4.69) is 20.8 Å². The molecule has 404 valence electrons. The number of rotatable bonds is 58. The SMILES string of the molecule is CCCCCCCCCCCCCCCCCCCCCCCCCCCCCCCCC(=O)OCC(COC(=O)CCCCCCCC)OC(=O)CCCCCCCCCCCCCCCC. The van der Waals surface area contributed by atoms with Crippen molar-refractivity contribution in [2.45, 2.75) is 367 Å². The molecule has 6 heteroatoms. The van der Waals surface area contributed by atoms with Crippen LogP contribution in [0.15, 0.2) is 0 Å². The second-order valence-electron chi connectivity index (χ2n) is 21.3. The van der Waals surface area contributed by atoms with Crippen LogP contribution in [0.25, 0.3) is 0 Å². The summed E-state index contributed by atoms with van der Waals surface area (Å²) < 4.78 is 16.8. The molecule has 1 unspecified atom stereocenters. The highest BCUT2D eigenvalue weighted by Crippen LogP contribution is 2.18. The van der Waals surface area contributed by atoms with E-state index in [9.17, 15) is 14.4 Å². The molecule has 0 radical (unpaired) electrons. The molecule has 0 amide bonds. The monoisotopic (exact) mass is 961 g/mol. The maximum absolute atomic E-state index is 12.8. The van der Waals surface area contributed by atoms with Gasteiger partial charge in [-0.25, -0.2) is 0 Å². The maximum atomic E-state index is 12.8. The molecule has 0 spiro atoms. The van der Waals surface area contributed by atoms with Gasteiger partial charge in [0, 0.05) is 19.3 Å². The molecule has 0 rings (SSSR count). The number of hydrogen-bond donors (Lipinski definition) is 0. The molecule has 0 saturated carbocycles. The van der Waals surface area contributed by atoms with Crippen LogP contribution in [0.1, 0.15) is 361 Å². The predicted molar refractivity (Wildman–Crippen MR) is 294 cm³/mol. The molecule has 0 fully saturated rings. The van der Waals surface area contributed by atoms with E-state index in [0.717, 1.165) is 57.8 Å². The fourth-order valence-corrected chi connectivity index (χ4v) is 9.68. The molecule has 0 aromatic rings. The van der Waals surface area contributed by atoms with E-state index >= 15 is 0 Å². The summed E-state index contributed by atoms with van der Waals surface area (Å²) in [5.41, 5.74) is 0. The Balaban J connectivity index is 3.90. The predicted octanol–water partition coefficient (Wildman–Crippen LogP) is 20.7. The number of carbonyl (C=O) groups excluding carboxylic acids is 3. The standard InChI is InChI=1S/C62H120O6/c1-4-7-10-13-16-18-20-22-24-25-26-27-28-29-30-31-32-33-34-35-36-37-38-39-41-42-44-46-49-52-55-61(64)67-58-59(57-66-60(63)54-51-48-15-12-9-6-3)68-62(65)56-53-50-47-45-43-40-23-21-19-17-14-11-8-5-2/h59H,4-58H2,1-3H3. The minimum Gasteiger partial charge on any atom is -0.462 e. The average Bonchev–Trinajstić information content (AvgIpc) is 3.34. The normalized spacial score (nSPS) is 11.9. The minimum absolute atomic E-state index is 0.0623. The summed E-state index contributed by atoms with van der Waals surface area (Å²) in [6.07, 6.45) is 65.9. The quantitative estimate of drug-likeness (QED) is 0.0343. The van der Waals surface area contributed by atoms with Gasteiger partial charge < -0.3 is 14.2 Å². The highest BCUT2D eigenvalue weighted by Gasteiger charge is 2.19. The maximum Gasteiger partial charge on any atom is 0.306 e. The van der Waals surface area contributed by atoms with E-state index < -0.39 is 6.10 Å². The number of esters is 3. The summed E-state index contributed by atoms with van der Waals surface area (Å²) in [6.45, 7) is 6.64. The Kier molecular flexibility index (Phi) is 56.6. The second kappa shape index (κ2) is 58.0. The fraction of sp³-hybridized carbons (Fsp3) is 0.952. The number of ether oxygens (including phenoxy) is 3. The minimum atomic E-state index is -0.759. The van der Waals surface area contributed by atoms with Crippen molar-refractivity contribution in [3.63, 3.8) is 0 Å². The van der Waals surface area contributed by atoms with Gasteiger partial charge >= 0.3 is 17.9 Å². The number of hydrogen-bond acceptors (Lipinski definition) is 6.